The maximum atomic E-state index is 14.6. The molecule has 0 saturated carbocycles. The van der Waals surface area contributed by atoms with Gasteiger partial charge in [0.25, 0.3) is 0 Å². The van der Waals surface area contributed by atoms with Gasteiger partial charge >= 0.3 is 12.3 Å². The average molecular weight is 472 g/mol. The van der Waals surface area contributed by atoms with Crippen LogP contribution in [-0.4, -0.2) is 34.9 Å². The minimum Gasteiger partial charge on any atom is -0.492 e. The highest BCUT2D eigenvalue weighted by atomic mass is 19.3. The van der Waals surface area contributed by atoms with Crippen molar-refractivity contribution < 1.29 is 42.1 Å². The van der Waals surface area contributed by atoms with Crippen LogP contribution < -0.4 is 19.5 Å². The van der Waals surface area contributed by atoms with Crippen LogP contribution in [0.3, 0.4) is 0 Å². The highest BCUT2D eigenvalue weighted by Gasteiger charge is 2.49. The van der Waals surface area contributed by atoms with E-state index in [0.717, 1.165) is 6.07 Å². The molecule has 3 aromatic rings. The van der Waals surface area contributed by atoms with Crippen molar-refractivity contribution >= 4 is 17.7 Å². The number of amides is 1. The Balaban J connectivity index is 1.43. The Kier molecular flexibility index (Phi) is 4.67. The van der Waals surface area contributed by atoms with Gasteiger partial charge in [0.15, 0.2) is 11.5 Å². The average Bonchev–Trinajstić information content (AvgIpc) is 3.27. The number of nitrogens with zero attached hydrogens (tertiary/aromatic N) is 1. The molecule has 0 spiro atoms. The Morgan fingerprint density at radius 1 is 1.06 bits per heavy atom. The number of halogens is 3. The summed E-state index contributed by atoms with van der Waals surface area (Å²) in [5.74, 6) is -3.08. The highest BCUT2D eigenvalue weighted by Crippen LogP contribution is 2.50. The molecule has 1 amide bonds. The number of carbonyl (C=O) groups excluding carboxylic acids is 1. The quantitative estimate of drug-likeness (QED) is 0.586. The van der Waals surface area contributed by atoms with Crippen LogP contribution in [0.15, 0.2) is 48.5 Å². The number of rotatable bonds is 4. The normalized spacial score (nSPS) is 19.3. The lowest BCUT2D eigenvalue weighted by atomic mass is 9.83. The predicted octanol–water partition coefficient (Wildman–Crippen LogP) is 4.20. The smallest absolute Gasteiger partial charge is 0.492 e. The summed E-state index contributed by atoms with van der Waals surface area (Å²) in [6.07, 6.45) is -3.81. The second-order valence-corrected chi connectivity index (χ2v) is 7.92. The molecule has 2 aliphatic rings. The summed E-state index contributed by atoms with van der Waals surface area (Å²) >= 11 is 0. The lowest BCUT2D eigenvalue weighted by Crippen LogP contribution is -2.39. The van der Waals surface area contributed by atoms with Crippen LogP contribution in [0.2, 0.25) is 0 Å². The number of alkyl halides is 2. The van der Waals surface area contributed by atoms with Crippen LogP contribution in [0.4, 0.5) is 19.0 Å². The van der Waals surface area contributed by atoms with Crippen LogP contribution in [0.1, 0.15) is 22.8 Å². The largest absolute Gasteiger partial charge is 0.586 e. The molecule has 34 heavy (non-hydrogen) atoms. The Morgan fingerprint density at radius 2 is 1.76 bits per heavy atom. The predicted molar refractivity (Wildman–Crippen MR) is 111 cm³/mol. The molecule has 0 bridgehead atoms. The number of carboxylic acids is 1. The molecule has 2 aliphatic heterocycles. The highest BCUT2D eigenvalue weighted by molar-refractivity contribution is 6.00. The van der Waals surface area contributed by atoms with Crippen molar-refractivity contribution in [3.8, 4) is 28.5 Å². The van der Waals surface area contributed by atoms with E-state index in [4.69, 9.17) is 9.84 Å². The van der Waals surface area contributed by atoms with E-state index in [1.807, 2.05) is 0 Å². The molecule has 0 fully saturated rings. The molecule has 8 nitrogen and oxygen atoms in total. The van der Waals surface area contributed by atoms with Gasteiger partial charge in [0.2, 0.25) is 5.91 Å². The zero-order valence-electron chi connectivity index (χ0n) is 17.4. The third-order valence-electron chi connectivity index (χ3n) is 5.61. The maximum absolute atomic E-state index is 14.6. The van der Waals surface area contributed by atoms with E-state index in [-0.39, 0.29) is 40.9 Å². The monoisotopic (exact) mass is 472 g/mol. The third-order valence-corrected chi connectivity index (χ3v) is 5.61. The summed E-state index contributed by atoms with van der Waals surface area (Å²) in [7, 11) is 0. The van der Waals surface area contributed by atoms with Crippen molar-refractivity contribution in [3.05, 3.63) is 65.5 Å². The third kappa shape index (κ3) is 3.45. The minimum absolute atomic E-state index is 0.0506. The van der Waals surface area contributed by atoms with Gasteiger partial charge < -0.3 is 24.6 Å². The van der Waals surface area contributed by atoms with Gasteiger partial charge in [0, 0.05) is 17.2 Å². The fraction of sp³-hybridized carbons (Fsp3) is 0.174. The van der Waals surface area contributed by atoms with Crippen LogP contribution in [0, 0.1) is 5.82 Å². The first-order valence-electron chi connectivity index (χ1n) is 9.95. The number of fused-ring (bicyclic) bond motifs is 2. The Labute approximate surface area is 189 Å². The number of ether oxygens (including phenoxy) is 3. The van der Waals surface area contributed by atoms with Gasteiger partial charge in [-0.05, 0) is 37.3 Å². The Bertz CT molecular complexity index is 1360. The van der Waals surface area contributed by atoms with Gasteiger partial charge in [0.1, 0.15) is 29.4 Å². The number of pyridine rings is 1. The van der Waals surface area contributed by atoms with Crippen molar-refractivity contribution in [1.82, 2.24) is 4.98 Å². The van der Waals surface area contributed by atoms with Gasteiger partial charge in [-0.3, -0.25) is 4.79 Å². The number of carboxylic acid groups (broad SMARTS) is 1. The van der Waals surface area contributed by atoms with Crippen molar-refractivity contribution in [3.63, 3.8) is 0 Å². The standard InChI is InChI=1S/C23H15F3N2O6/c1-22(10-32-15-9-17-16(8-13(15)22)33-23(25,26)34-17)21(31)28-18-7-3-6-14(27-18)11-4-2-5-12(19(11)24)20(29)30/h2-9H,10H2,1H3,(H,29,30)(H,27,28,31)/t22-/m0/s1. The lowest BCUT2D eigenvalue weighted by molar-refractivity contribution is -0.286. The number of aromatic nitrogens is 1. The number of hydrogen-bond acceptors (Lipinski definition) is 6. The van der Waals surface area contributed by atoms with Crippen LogP contribution in [0.5, 0.6) is 17.2 Å². The van der Waals surface area contributed by atoms with Crippen molar-refractivity contribution in [1.29, 1.82) is 0 Å². The van der Waals surface area contributed by atoms with E-state index < -0.39 is 35.0 Å². The molecule has 0 aliphatic carbocycles. The maximum Gasteiger partial charge on any atom is 0.586 e. The summed E-state index contributed by atoms with van der Waals surface area (Å²) in [5, 5.41) is 11.8. The number of aromatic carboxylic acids is 1. The summed E-state index contributed by atoms with van der Waals surface area (Å²) in [4.78, 5) is 28.6. The van der Waals surface area contributed by atoms with E-state index in [9.17, 15) is 22.8 Å². The van der Waals surface area contributed by atoms with Gasteiger partial charge in [-0.1, -0.05) is 12.1 Å². The summed E-state index contributed by atoms with van der Waals surface area (Å²) in [5.41, 5.74) is -1.41. The summed E-state index contributed by atoms with van der Waals surface area (Å²) < 4.78 is 55.9. The van der Waals surface area contributed by atoms with Crippen LogP contribution in [-0.2, 0) is 10.2 Å². The van der Waals surface area contributed by atoms with E-state index >= 15 is 0 Å². The zero-order chi connectivity index (χ0) is 24.3. The number of hydrogen-bond donors (Lipinski definition) is 2. The van der Waals surface area contributed by atoms with Gasteiger partial charge in [-0.15, -0.1) is 8.78 Å². The van der Waals surface area contributed by atoms with E-state index in [2.05, 4.69) is 19.8 Å². The van der Waals surface area contributed by atoms with E-state index in [1.54, 1.807) is 6.92 Å². The minimum atomic E-state index is -3.81. The summed E-state index contributed by atoms with van der Waals surface area (Å²) in [6.45, 7) is 1.48. The lowest BCUT2D eigenvalue weighted by Gasteiger charge is -2.21. The Hall–Kier alpha value is -4.28. The van der Waals surface area contributed by atoms with Crippen molar-refractivity contribution in [2.24, 2.45) is 0 Å². The number of nitrogens with one attached hydrogen (secondary N) is 1. The molecular weight excluding hydrogens is 457 g/mol. The first kappa shape index (κ1) is 21.6. The van der Waals surface area contributed by atoms with Crippen molar-refractivity contribution in [2.75, 3.05) is 11.9 Å². The molecule has 11 heteroatoms. The SMILES string of the molecule is C[C@]1(C(=O)Nc2cccc(-c3cccc(C(=O)O)c3F)n2)COc2cc3c(cc21)OC(F)(F)O3. The first-order chi connectivity index (χ1) is 16.1. The second-order valence-electron chi connectivity index (χ2n) is 7.92. The molecule has 174 valence electrons. The molecule has 0 unspecified atom stereocenters. The molecule has 1 aromatic heterocycles. The van der Waals surface area contributed by atoms with Crippen molar-refractivity contribution in [2.45, 2.75) is 18.6 Å². The van der Waals surface area contributed by atoms with Gasteiger partial charge in [-0.2, -0.15) is 0 Å². The first-order valence-corrected chi connectivity index (χ1v) is 9.95. The molecule has 5 rings (SSSR count). The van der Waals surface area contributed by atoms with E-state index in [1.165, 1.54) is 42.5 Å². The fourth-order valence-corrected chi connectivity index (χ4v) is 3.82. The van der Waals surface area contributed by atoms with Crippen LogP contribution >= 0.6 is 0 Å². The molecule has 0 radical (unpaired) electrons. The second kappa shape index (κ2) is 7.37. The molecule has 3 heterocycles. The fourth-order valence-electron chi connectivity index (χ4n) is 3.82. The van der Waals surface area contributed by atoms with Gasteiger partial charge in [0.05, 0.1) is 11.3 Å². The number of carbonyl (C=O) groups is 2. The molecular formula is C23H15F3N2O6. The van der Waals surface area contributed by atoms with Gasteiger partial charge in [-0.25, -0.2) is 14.2 Å². The molecule has 2 aromatic carbocycles. The van der Waals surface area contributed by atoms with E-state index in [0.29, 0.717) is 5.56 Å². The Morgan fingerprint density at radius 3 is 2.50 bits per heavy atom. The number of benzene rings is 2. The molecule has 1 atom stereocenters. The summed E-state index contributed by atoms with van der Waals surface area (Å²) in [6, 6.07) is 10.9. The number of anilines is 1. The molecule has 2 N–H and O–H groups in total. The van der Waals surface area contributed by atoms with Crippen LogP contribution in [0.25, 0.3) is 11.3 Å². The topological polar surface area (TPSA) is 107 Å². The molecule has 0 saturated heterocycles. The zero-order valence-corrected chi connectivity index (χ0v) is 17.4.